The van der Waals surface area contributed by atoms with Crippen LogP contribution in [0.2, 0.25) is 0 Å². The van der Waals surface area contributed by atoms with Gasteiger partial charge in [-0.3, -0.25) is 0 Å². The van der Waals surface area contributed by atoms with Gasteiger partial charge in [0, 0.05) is 19.0 Å². The van der Waals surface area contributed by atoms with Crippen LogP contribution in [0.15, 0.2) is 4.60 Å². The molecule has 0 fully saturated rings. The Kier molecular flexibility index (Phi) is 2.43. The predicted molar refractivity (Wildman–Crippen MR) is 55.7 cm³/mol. The van der Waals surface area contributed by atoms with Gasteiger partial charge in [-0.15, -0.1) is 0 Å². The SMILES string of the molecule is Cc1nc2n(c1Br)CCCC2CN. The largest absolute Gasteiger partial charge is 0.330 e. The Morgan fingerprint density at radius 3 is 3.15 bits per heavy atom. The number of nitrogens with zero attached hydrogens (tertiary/aromatic N) is 2. The maximum atomic E-state index is 5.71. The van der Waals surface area contributed by atoms with Gasteiger partial charge in [0.25, 0.3) is 0 Å². The molecule has 1 aliphatic heterocycles. The van der Waals surface area contributed by atoms with Crippen molar-refractivity contribution in [2.24, 2.45) is 5.73 Å². The molecule has 3 nitrogen and oxygen atoms in total. The monoisotopic (exact) mass is 243 g/mol. The summed E-state index contributed by atoms with van der Waals surface area (Å²) in [6.07, 6.45) is 2.39. The zero-order valence-electron chi connectivity index (χ0n) is 7.76. The molecule has 0 saturated carbocycles. The fraction of sp³-hybridized carbons (Fsp3) is 0.667. The van der Waals surface area contributed by atoms with Crippen molar-refractivity contribution in [1.29, 1.82) is 0 Å². The normalized spacial score (nSPS) is 21.6. The summed E-state index contributed by atoms with van der Waals surface area (Å²) >= 11 is 3.55. The van der Waals surface area contributed by atoms with Crippen LogP contribution in [0.25, 0.3) is 0 Å². The molecule has 0 aliphatic carbocycles. The second-order valence-corrected chi connectivity index (χ2v) is 4.32. The highest BCUT2D eigenvalue weighted by atomic mass is 79.9. The maximum absolute atomic E-state index is 5.71. The van der Waals surface area contributed by atoms with Gasteiger partial charge >= 0.3 is 0 Å². The van der Waals surface area contributed by atoms with E-state index < -0.39 is 0 Å². The van der Waals surface area contributed by atoms with Crippen molar-refractivity contribution in [1.82, 2.24) is 9.55 Å². The molecule has 0 amide bonds. The first-order valence-electron chi connectivity index (χ1n) is 4.66. The summed E-state index contributed by atoms with van der Waals surface area (Å²) in [5.41, 5.74) is 6.79. The Bertz CT molecular complexity index is 319. The van der Waals surface area contributed by atoms with Gasteiger partial charge in [0.05, 0.1) is 5.69 Å². The van der Waals surface area contributed by atoms with Gasteiger partial charge in [0.15, 0.2) is 0 Å². The number of imidazole rings is 1. The quantitative estimate of drug-likeness (QED) is 0.818. The lowest BCUT2D eigenvalue weighted by Crippen LogP contribution is -2.22. The minimum Gasteiger partial charge on any atom is -0.330 e. The van der Waals surface area contributed by atoms with Crippen molar-refractivity contribution in [3.63, 3.8) is 0 Å². The van der Waals surface area contributed by atoms with E-state index in [1.165, 1.54) is 12.8 Å². The highest BCUT2D eigenvalue weighted by Gasteiger charge is 2.23. The molecule has 13 heavy (non-hydrogen) atoms. The highest BCUT2D eigenvalue weighted by Crippen LogP contribution is 2.30. The molecule has 0 radical (unpaired) electrons. The first-order valence-corrected chi connectivity index (χ1v) is 5.46. The van der Waals surface area contributed by atoms with E-state index in [9.17, 15) is 0 Å². The van der Waals surface area contributed by atoms with Crippen molar-refractivity contribution in [3.8, 4) is 0 Å². The summed E-state index contributed by atoms with van der Waals surface area (Å²) < 4.78 is 3.37. The van der Waals surface area contributed by atoms with Crippen molar-refractivity contribution in [3.05, 3.63) is 16.1 Å². The Hall–Kier alpha value is -0.350. The standard InChI is InChI=1S/C9H14BrN3/c1-6-8(10)13-4-2-3-7(5-11)9(13)12-6/h7H,2-5,11H2,1H3. The zero-order valence-corrected chi connectivity index (χ0v) is 9.34. The fourth-order valence-corrected chi connectivity index (χ4v) is 2.39. The van der Waals surface area contributed by atoms with E-state index in [-0.39, 0.29) is 0 Å². The van der Waals surface area contributed by atoms with Crippen LogP contribution >= 0.6 is 15.9 Å². The lowest BCUT2D eigenvalue weighted by molar-refractivity contribution is 0.444. The number of hydrogen-bond acceptors (Lipinski definition) is 2. The Morgan fingerprint density at radius 1 is 1.69 bits per heavy atom. The fourth-order valence-electron chi connectivity index (χ4n) is 1.95. The number of fused-ring (bicyclic) bond motifs is 1. The van der Waals surface area contributed by atoms with Crippen molar-refractivity contribution in [2.75, 3.05) is 6.54 Å². The van der Waals surface area contributed by atoms with E-state index in [1.807, 2.05) is 6.92 Å². The van der Waals surface area contributed by atoms with Gasteiger partial charge < -0.3 is 10.3 Å². The summed E-state index contributed by atoms with van der Waals surface area (Å²) in [5.74, 6) is 1.62. The third-order valence-electron chi connectivity index (χ3n) is 2.68. The lowest BCUT2D eigenvalue weighted by atomic mass is 9.99. The number of aryl methyl sites for hydroxylation is 1. The third kappa shape index (κ3) is 1.42. The van der Waals surface area contributed by atoms with Crippen LogP contribution in [0.4, 0.5) is 0 Å². The smallest absolute Gasteiger partial charge is 0.114 e. The molecular weight excluding hydrogens is 230 g/mol. The minimum absolute atomic E-state index is 0.457. The topological polar surface area (TPSA) is 43.8 Å². The molecule has 2 heterocycles. The molecule has 2 N–H and O–H groups in total. The molecule has 1 aromatic heterocycles. The van der Waals surface area contributed by atoms with Gasteiger partial charge in [-0.05, 0) is 35.7 Å². The molecule has 0 bridgehead atoms. The van der Waals surface area contributed by atoms with E-state index >= 15 is 0 Å². The van der Waals surface area contributed by atoms with E-state index in [0.717, 1.165) is 22.7 Å². The molecule has 0 saturated heterocycles. The molecule has 0 aromatic carbocycles. The molecule has 1 aliphatic rings. The average molecular weight is 244 g/mol. The molecule has 2 rings (SSSR count). The highest BCUT2D eigenvalue weighted by molar-refractivity contribution is 9.10. The molecule has 0 spiro atoms. The number of aromatic nitrogens is 2. The summed E-state index contributed by atoms with van der Waals surface area (Å²) in [7, 11) is 0. The minimum atomic E-state index is 0.457. The van der Waals surface area contributed by atoms with Crippen molar-refractivity contribution < 1.29 is 0 Å². The summed E-state index contributed by atoms with van der Waals surface area (Å²) in [5, 5.41) is 0. The van der Waals surface area contributed by atoms with Crippen LogP contribution in [-0.2, 0) is 6.54 Å². The van der Waals surface area contributed by atoms with Gasteiger partial charge in [0.2, 0.25) is 0 Å². The van der Waals surface area contributed by atoms with Crippen LogP contribution in [0.1, 0.15) is 30.3 Å². The zero-order chi connectivity index (χ0) is 9.42. The molecule has 4 heteroatoms. The number of hydrogen-bond donors (Lipinski definition) is 1. The Balaban J connectivity index is 2.45. The Morgan fingerprint density at radius 2 is 2.46 bits per heavy atom. The first kappa shape index (κ1) is 9.21. The van der Waals surface area contributed by atoms with E-state index in [1.54, 1.807) is 0 Å². The predicted octanol–water partition coefficient (Wildman–Crippen LogP) is 1.79. The van der Waals surface area contributed by atoms with Gasteiger partial charge in [-0.2, -0.15) is 0 Å². The molecule has 1 atom stereocenters. The second kappa shape index (κ2) is 3.42. The average Bonchev–Trinajstić information content (AvgIpc) is 2.43. The molecular formula is C9H14BrN3. The molecule has 1 aromatic rings. The van der Waals surface area contributed by atoms with E-state index in [4.69, 9.17) is 5.73 Å². The maximum Gasteiger partial charge on any atom is 0.114 e. The van der Waals surface area contributed by atoms with Crippen LogP contribution in [0.5, 0.6) is 0 Å². The first-order chi connectivity index (χ1) is 6.24. The molecule has 72 valence electrons. The van der Waals surface area contributed by atoms with Gasteiger partial charge in [0.1, 0.15) is 10.4 Å². The summed E-state index contributed by atoms with van der Waals surface area (Å²) in [6, 6.07) is 0. The second-order valence-electron chi connectivity index (χ2n) is 3.57. The summed E-state index contributed by atoms with van der Waals surface area (Å²) in [6.45, 7) is 3.82. The van der Waals surface area contributed by atoms with E-state index in [0.29, 0.717) is 12.5 Å². The van der Waals surface area contributed by atoms with Gasteiger partial charge in [-0.1, -0.05) is 0 Å². The van der Waals surface area contributed by atoms with Gasteiger partial charge in [-0.25, -0.2) is 4.98 Å². The van der Waals surface area contributed by atoms with Crippen molar-refractivity contribution in [2.45, 2.75) is 32.2 Å². The van der Waals surface area contributed by atoms with Crippen LogP contribution in [0.3, 0.4) is 0 Å². The number of nitrogens with two attached hydrogens (primary N) is 1. The summed E-state index contributed by atoms with van der Waals surface area (Å²) in [4.78, 5) is 4.54. The van der Waals surface area contributed by atoms with Crippen LogP contribution in [-0.4, -0.2) is 16.1 Å². The third-order valence-corrected chi connectivity index (χ3v) is 3.68. The molecule has 1 unspecified atom stereocenters. The van der Waals surface area contributed by atoms with Crippen molar-refractivity contribution >= 4 is 15.9 Å². The van der Waals surface area contributed by atoms with Crippen LogP contribution < -0.4 is 5.73 Å². The van der Waals surface area contributed by atoms with E-state index in [2.05, 4.69) is 25.5 Å². The number of halogens is 1. The number of rotatable bonds is 1. The lowest BCUT2D eigenvalue weighted by Gasteiger charge is -2.22. The van der Waals surface area contributed by atoms with Crippen LogP contribution in [0, 0.1) is 6.92 Å². The Labute approximate surface area is 86.5 Å².